The lowest BCUT2D eigenvalue weighted by molar-refractivity contribution is -0.142. The summed E-state index contributed by atoms with van der Waals surface area (Å²) >= 11 is 0. The van der Waals surface area contributed by atoms with Crippen LogP contribution in [-0.2, 0) is 4.79 Å². The van der Waals surface area contributed by atoms with Crippen LogP contribution in [0.4, 0.5) is 18.0 Å². The molecule has 2 N–H and O–H groups in total. The second kappa shape index (κ2) is 7.07. The van der Waals surface area contributed by atoms with Crippen LogP contribution in [0.15, 0.2) is 0 Å². The number of amides is 2. The maximum Gasteiger partial charge on any atom is 0.406 e. The molecule has 1 unspecified atom stereocenters. The number of halogens is 3. The molecule has 0 bridgehead atoms. The highest BCUT2D eigenvalue weighted by molar-refractivity contribution is 5.75. The smallest absolute Gasteiger partial charge is 0.406 e. The van der Waals surface area contributed by atoms with Gasteiger partial charge in [-0.2, -0.15) is 13.2 Å². The van der Waals surface area contributed by atoms with E-state index in [1.54, 1.807) is 6.92 Å². The quantitative estimate of drug-likeness (QED) is 0.771. The Hall–Kier alpha value is -1.47. The van der Waals surface area contributed by atoms with E-state index < -0.39 is 30.6 Å². The molecule has 0 aromatic rings. The summed E-state index contributed by atoms with van der Waals surface area (Å²) in [6.45, 7) is 1.43. The van der Waals surface area contributed by atoms with E-state index in [4.69, 9.17) is 5.11 Å². The van der Waals surface area contributed by atoms with Gasteiger partial charge in [-0.3, -0.25) is 4.79 Å². The average Bonchev–Trinajstić information content (AvgIpc) is 2.22. The Balaban J connectivity index is 4.35. The highest BCUT2D eigenvalue weighted by Crippen LogP contribution is 2.16. The fraction of sp³-hybridized carbons (Fsp3) is 0.800. The number of carboxylic acid groups (broad SMARTS) is 1. The van der Waals surface area contributed by atoms with Gasteiger partial charge in [-0.05, 0) is 6.42 Å². The molecule has 0 aliphatic heterocycles. The molecule has 0 aliphatic carbocycles. The first kappa shape index (κ1) is 16.5. The van der Waals surface area contributed by atoms with Crippen LogP contribution in [0.2, 0.25) is 0 Å². The molecular formula is C10H17F3N2O3. The molecule has 0 fully saturated rings. The van der Waals surface area contributed by atoms with Crippen LogP contribution >= 0.6 is 0 Å². The van der Waals surface area contributed by atoms with Crippen LogP contribution in [0.1, 0.15) is 20.3 Å². The zero-order chi connectivity index (χ0) is 14.3. The lowest BCUT2D eigenvalue weighted by atomic mass is 10.2. The number of urea groups is 1. The first-order valence-corrected chi connectivity index (χ1v) is 5.49. The van der Waals surface area contributed by atoms with Gasteiger partial charge in [0.25, 0.3) is 0 Å². The molecule has 0 heterocycles. The Bertz CT molecular complexity index is 295. The number of nitrogens with zero attached hydrogens (tertiary/aromatic N) is 1. The van der Waals surface area contributed by atoms with Crippen molar-refractivity contribution in [2.24, 2.45) is 5.92 Å². The molecule has 18 heavy (non-hydrogen) atoms. The topological polar surface area (TPSA) is 69.6 Å². The molecule has 0 saturated heterocycles. The molecule has 5 nitrogen and oxygen atoms in total. The summed E-state index contributed by atoms with van der Waals surface area (Å²) in [6, 6.07) is -0.901. The molecule has 0 spiro atoms. The molecule has 2 amide bonds. The first-order valence-electron chi connectivity index (χ1n) is 5.49. The van der Waals surface area contributed by atoms with Gasteiger partial charge in [0.1, 0.15) is 6.54 Å². The molecule has 1 atom stereocenters. The summed E-state index contributed by atoms with van der Waals surface area (Å²) in [5.74, 6) is -1.96. The van der Waals surface area contributed by atoms with Crippen LogP contribution in [-0.4, -0.2) is 47.8 Å². The molecule has 0 rings (SSSR count). The first-order chi connectivity index (χ1) is 8.17. The van der Waals surface area contributed by atoms with E-state index in [1.165, 1.54) is 6.92 Å². The maximum absolute atomic E-state index is 12.2. The van der Waals surface area contributed by atoms with Gasteiger partial charge in [-0.25, -0.2) is 4.79 Å². The number of alkyl halides is 3. The highest BCUT2D eigenvalue weighted by atomic mass is 19.4. The number of rotatable bonds is 6. The van der Waals surface area contributed by atoms with Crippen molar-refractivity contribution in [3.63, 3.8) is 0 Å². The van der Waals surface area contributed by atoms with E-state index in [0.29, 0.717) is 11.3 Å². The third-order valence-electron chi connectivity index (χ3n) is 2.13. The van der Waals surface area contributed by atoms with Crippen molar-refractivity contribution in [2.75, 3.05) is 19.6 Å². The summed E-state index contributed by atoms with van der Waals surface area (Å²) in [4.78, 5) is 22.6. The number of hydrogen-bond donors (Lipinski definition) is 2. The van der Waals surface area contributed by atoms with Crippen LogP contribution in [0.5, 0.6) is 0 Å². The zero-order valence-corrected chi connectivity index (χ0v) is 10.3. The summed E-state index contributed by atoms with van der Waals surface area (Å²) in [6.07, 6.45) is -4.08. The molecule has 0 aromatic carbocycles. The molecule has 0 aromatic heterocycles. The molecule has 0 saturated carbocycles. The zero-order valence-electron chi connectivity index (χ0n) is 10.3. The second-order valence-electron chi connectivity index (χ2n) is 3.96. The Morgan fingerprint density at radius 1 is 1.39 bits per heavy atom. The monoisotopic (exact) mass is 270 g/mol. The number of carbonyl (C=O) groups is 2. The van der Waals surface area contributed by atoms with Crippen molar-refractivity contribution in [1.29, 1.82) is 0 Å². The van der Waals surface area contributed by atoms with Gasteiger partial charge in [-0.1, -0.05) is 13.8 Å². The standard InChI is InChI=1S/C10H17F3N2O3/c1-3-4-15(6-10(11,12)13)9(18)14-5-7(2)8(16)17/h7H,3-6H2,1-2H3,(H,14,18)(H,16,17). The number of hydrogen-bond acceptors (Lipinski definition) is 2. The van der Waals surface area contributed by atoms with E-state index in [0.717, 1.165) is 0 Å². The Morgan fingerprint density at radius 2 is 1.94 bits per heavy atom. The van der Waals surface area contributed by atoms with Crippen molar-refractivity contribution >= 4 is 12.0 Å². The fourth-order valence-corrected chi connectivity index (χ4v) is 1.18. The minimum atomic E-state index is -4.47. The molecule has 106 valence electrons. The van der Waals surface area contributed by atoms with Gasteiger partial charge < -0.3 is 15.3 Å². The van der Waals surface area contributed by atoms with Gasteiger partial charge in [-0.15, -0.1) is 0 Å². The highest BCUT2D eigenvalue weighted by Gasteiger charge is 2.32. The average molecular weight is 270 g/mol. The third-order valence-corrected chi connectivity index (χ3v) is 2.13. The Labute approximate surface area is 103 Å². The fourth-order valence-electron chi connectivity index (χ4n) is 1.18. The number of carboxylic acids is 1. The van der Waals surface area contributed by atoms with Gasteiger partial charge in [0.2, 0.25) is 0 Å². The minimum absolute atomic E-state index is 0.0349. The van der Waals surface area contributed by atoms with Gasteiger partial charge >= 0.3 is 18.2 Å². The molecule has 0 radical (unpaired) electrons. The summed E-state index contributed by atoms with van der Waals surface area (Å²) in [5, 5.41) is 10.8. The second-order valence-corrected chi connectivity index (χ2v) is 3.96. The van der Waals surface area contributed by atoms with Gasteiger partial charge in [0, 0.05) is 13.1 Å². The van der Waals surface area contributed by atoms with Crippen LogP contribution in [0.25, 0.3) is 0 Å². The van der Waals surface area contributed by atoms with Crippen molar-refractivity contribution in [3.8, 4) is 0 Å². The molecule has 8 heteroatoms. The van der Waals surface area contributed by atoms with E-state index >= 15 is 0 Å². The number of nitrogens with one attached hydrogen (secondary N) is 1. The Morgan fingerprint density at radius 3 is 2.33 bits per heavy atom. The third kappa shape index (κ3) is 6.97. The summed E-state index contributed by atoms with van der Waals surface area (Å²) in [7, 11) is 0. The van der Waals surface area contributed by atoms with Crippen molar-refractivity contribution < 1.29 is 27.9 Å². The van der Waals surface area contributed by atoms with Crippen LogP contribution < -0.4 is 5.32 Å². The van der Waals surface area contributed by atoms with Gasteiger partial charge in [0.15, 0.2) is 0 Å². The normalized spacial score (nSPS) is 12.9. The summed E-state index contributed by atoms with van der Waals surface area (Å²) < 4.78 is 36.6. The van der Waals surface area contributed by atoms with Gasteiger partial charge in [0.05, 0.1) is 5.92 Å². The predicted molar refractivity (Wildman–Crippen MR) is 58.1 cm³/mol. The van der Waals surface area contributed by atoms with Crippen molar-refractivity contribution in [3.05, 3.63) is 0 Å². The van der Waals surface area contributed by atoms with Crippen molar-refractivity contribution in [2.45, 2.75) is 26.4 Å². The Kier molecular flexibility index (Phi) is 6.50. The van der Waals surface area contributed by atoms with E-state index in [-0.39, 0.29) is 13.1 Å². The van der Waals surface area contributed by atoms with E-state index in [2.05, 4.69) is 5.32 Å². The molecular weight excluding hydrogens is 253 g/mol. The number of aliphatic carboxylic acids is 1. The van der Waals surface area contributed by atoms with Crippen molar-refractivity contribution in [1.82, 2.24) is 10.2 Å². The number of carbonyl (C=O) groups excluding carboxylic acids is 1. The lowest BCUT2D eigenvalue weighted by Gasteiger charge is -2.24. The summed E-state index contributed by atoms with van der Waals surface area (Å²) in [5.41, 5.74) is 0. The van der Waals surface area contributed by atoms with E-state index in [9.17, 15) is 22.8 Å². The minimum Gasteiger partial charge on any atom is -0.481 e. The van der Waals surface area contributed by atoms with E-state index in [1.807, 2.05) is 0 Å². The largest absolute Gasteiger partial charge is 0.481 e. The predicted octanol–water partition coefficient (Wildman–Crippen LogP) is 1.69. The lowest BCUT2D eigenvalue weighted by Crippen LogP contribution is -2.46. The maximum atomic E-state index is 12.2. The SMILES string of the molecule is CCCN(CC(F)(F)F)C(=O)NCC(C)C(=O)O. The van der Waals surface area contributed by atoms with Crippen LogP contribution in [0.3, 0.4) is 0 Å². The molecule has 0 aliphatic rings. The van der Waals surface area contributed by atoms with Crippen LogP contribution in [0, 0.1) is 5.92 Å².